The molecule has 175 valence electrons. The second kappa shape index (κ2) is 12.3. The fourth-order valence-electron chi connectivity index (χ4n) is 3.60. The molecule has 32 heavy (non-hydrogen) atoms. The summed E-state index contributed by atoms with van der Waals surface area (Å²) in [6, 6.07) is 6.56. The molecule has 1 aliphatic rings. The molecule has 1 aromatic rings. The van der Waals surface area contributed by atoms with Crippen molar-refractivity contribution in [2.24, 2.45) is 11.8 Å². The van der Waals surface area contributed by atoms with Crippen LogP contribution in [0.3, 0.4) is 0 Å². The van der Waals surface area contributed by atoms with Crippen molar-refractivity contribution >= 4 is 24.0 Å². The van der Waals surface area contributed by atoms with E-state index in [9.17, 15) is 19.2 Å². The summed E-state index contributed by atoms with van der Waals surface area (Å²) in [7, 11) is 0. The first-order valence-corrected chi connectivity index (χ1v) is 11.3. The third-order valence-corrected chi connectivity index (χ3v) is 5.63. The van der Waals surface area contributed by atoms with E-state index in [0.29, 0.717) is 0 Å². The second-order valence-electron chi connectivity index (χ2n) is 8.98. The summed E-state index contributed by atoms with van der Waals surface area (Å²) in [5, 5.41) is 11.4. The number of hydrogen-bond acceptors (Lipinski definition) is 5. The maximum absolute atomic E-state index is 13.1. The second-order valence-corrected chi connectivity index (χ2v) is 8.98. The molecule has 0 bridgehead atoms. The minimum Gasteiger partial charge on any atom is -0.344 e. The zero-order valence-electron chi connectivity index (χ0n) is 19.3. The number of nitrogens with one attached hydrogen (secondary N) is 4. The van der Waals surface area contributed by atoms with Crippen molar-refractivity contribution in [2.75, 3.05) is 6.54 Å². The molecule has 8 heteroatoms. The van der Waals surface area contributed by atoms with E-state index in [1.54, 1.807) is 0 Å². The highest BCUT2D eigenvalue weighted by molar-refractivity contribution is 5.94. The minimum atomic E-state index is -0.901. The SMILES string of the molecule is CC(C)[C@H](NC(=O)[C@@H]1CCCN1)C(=O)N[C@@H](Cc1ccccc1)C(=O)N[C@H]([C]=O)C(C)C. The minimum absolute atomic E-state index is 0.133. The molecule has 1 fully saturated rings. The number of carbonyl (C=O) groups is 3. The molecule has 3 amide bonds. The Morgan fingerprint density at radius 3 is 2.22 bits per heavy atom. The molecule has 1 aliphatic heterocycles. The first-order valence-electron chi connectivity index (χ1n) is 11.3. The molecular formula is C24H35N4O4. The maximum Gasteiger partial charge on any atom is 0.243 e. The van der Waals surface area contributed by atoms with Crippen LogP contribution >= 0.6 is 0 Å². The quantitative estimate of drug-likeness (QED) is 0.405. The van der Waals surface area contributed by atoms with E-state index in [-0.39, 0.29) is 30.2 Å². The van der Waals surface area contributed by atoms with Gasteiger partial charge in [-0.25, -0.2) is 0 Å². The highest BCUT2D eigenvalue weighted by Gasteiger charge is 2.32. The van der Waals surface area contributed by atoms with Crippen molar-refractivity contribution in [1.29, 1.82) is 0 Å². The topological polar surface area (TPSA) is 116 Å². The molecule has 4 atom stereocenters. The van der Waals surface area contributed by atoms with Gasteiger partial charge < -0.3 is 21.3 Å². The van der Waals surface area contributed by atoms with Crippen LogP contribution in [0.25, 0.3) is 0 Å². The third-order valence-electron chi connectivity index (χ3n) is 5.63. The lowest BCUT2D eigenvalue weighted by Crippen LogP contribution is -2.58. The number of amides is 3. The van der Waals surface area contributed by atoms with Gasteiger partial charge in [0.25, 0.3) is 0 Å². The van der Waals surface area contributed by atoms with Gasteiger partial charge >= 0.3 is 0 Å². The van der Waals surface area contributed by atoms with Crippen molar-refractivity contribution < 1.29 is 19.2 Å². The maximum atomic E-state index is 13.1. The molecule has 0 aliphatic carbocycles. The summed E-state index contributed by atoms with van der Waals surface area (Å²) in [5.41, 5.74) is 0.865. The van der Waals surface area contributed by atoms with Crippen LogP contribution < -0.4 is 21.3 Å². The van der Waals surface area contributed by atoms with Gasteiger partial charge in [-0.3, -0.25) is 19.2 Å². The van der Waals surface area contributed by atoms with Crippen LogP contribution in [-0.4, -0.2) is 54.7 Å². The van der Waals surface area contributed by atoms with Crippen LogP contribution in [0.4, 0.5) is 0 Å². The zero-order valence-corrected chi connectivity index (χ0v) is 19.3. The number of carbonyl (C=O) groups excluding carboxylic acids is 4. The summed E-state index contributed by atoms with van der Waals surface area (Å²) in [5.74, 6) is -1.41. The van der Waals surface area contributed by atoms with Gasteiger partial charge in [0.1, 0.15) is 12.1 Å². The summed E-state index contributed by atoms with van der Waals surface area (Å²) < 4.78 is 0. The van der Waals surface area contributed by atoms with Gasteiger partial charge in [-0.05, 0) is 36.8 Å². The van der Waals surface area contributed by atoms with Crippen molar-refractivity contribution in [1.82, 2.24) is 21.3 Å². The average molecular weight is 444 g/mol. The fourth-order valence-corrected chi connectivity index (χ4v) is 3.60. The van der Waals surface area contributed by atoms with Crippen molar-refractivity contribution in [2.45, 2.75) is 71.1 Å². The molecule has 8 nitrogen and oxygen atoms in total. The van der Waals surface area contributed by atoms with E-state index >= 15 is 0 Å². The number of benzene rings is 1. The molecule has 0 spiro atoms. The van der Waals surface area contributed by atoms with Crippen molar-refractivity contribution in [3.63, 3.8) is 0 Å². The lowest BCUT2D eigenvalue weighted by molar-refractivity contribution is -0.133. The van der Waals surface area contributed by atoms with Gasteiger partial charge in [-0.2, -0.15) is 0 Å². The first kappa shape index (κ1) is 25.5. The smallest absolute Gasteiger partial charge is 0.243 e. The van der Waals surface area contributed by atoms with Gasteiger partial charge in [0.05, 0.1) is 12.1 Å². The van der Waals surface area contributed by atoms with Gasteiger partial charge in [0, 0.05) is 6.42 Å². The molecule has 1 heterocycles. The van der Waals surface area contributed by atoms with Gasteiger partial charge in [-0.1, -0.05) is 58.0 Å². The Bertz CT molecular complexity index is 775. The lowest BCUT2D eigenvalue weighted by Gasteiger charge is -2.27. The molecule has 1 radical (unpaired) electrons. The van der Waals surface area contributed by atoms with Gasteiger partial charge in [0.15, 0.2) is 0 Å². The van der Waals surface area contributed by atoms with Crippen LogP contribution in [-0.2, 0) is 25.6 Å². The monoisotopic (exact) mass is 443 g/mol. The van der Waals surface area contributed by atoms with Gasteiger partial charge in [0.2, 0.25) is 24.0 Å². The summed E-state index contributed by atoms with van der Waals surface area (Å²) in [6.45, 7) is 8.08. The Hall–Kier alpha value is -2.74. The Morgan fingerprint density at radius 2 is 1.69 bits per heavy atom. The molecule has 0 unspecified atom stereocenters. The number of hydrogen-bond donors (Lipinski definition) is 4. The average Bonchev–Trinajstić information content (AvgIpc) is 3.30. The Kier molecular flexibility index (Phi) is 9.84. The zero-order chi connectivity index (χ0) is 23.7. The van der Waals surface area contributed by atoms with Crippen molar-refractivity contribution in [3.05, 3.63) is 35.9 Å². The van der Waals surface area contributed by atoms with E-state index in [4.69, 9.17) is 0 Å². The molecular weight excluding hydrogens is 408 g/mol. The highest BCUT2D eigenvalue weighted by atomic mass is 16.2. The summed E-state index contributed by atoms with van der Waals surface area (Å²) in [4.78, 5) is 49.9. The van der Waals surface area contributed by atoms with E-state index in [2.05, 4.69) is 21.3 Å². The van der Waals surface area contributed by atoms with Crippen LogP contribution in [0.1, 0.15) is 46.1 Å². The van der Waals surface area contributed by atoms with E-state index < -0.39 is 29.9 Å². The lowest BCUT2D eigenvalue weighted by atomic mass is 9.99. The van der Waals surface area contributed by atoms with Gasteiger partial charge in [-0.15, -0.1) is 0 Å². The molecule has 4 N–H and O–H groups in total. The van der Waals surface area contributed by atoms with Crippen LogP contribution in [0.15, 0.2) is 30.3 Å². The predicted octanol–water partition coefficient (Wildman–Crippen LogP) is 0.857. The summed E-state index contributed by atoms with van der Waals surface area (Å²) >= 11 is 0. The van der Waals surface area contributed by atoms with Crippen LogP contribution in [0.2, 0.25) is 0 Å². The Morgan fingerprint density at radius 1 is 1.00 bits per heavy atom. The molecule has 2 rings (SSSR count). The van der Waals surface area contributed by atoms with Crippen LogP contribution in [0.5, 0.6) is 0 Å². The first-order chi connectivity index (χ1) is 15.2. The molecule has 1 saturated heterocycles. The normalized spacial score (nSPS) is 18.6. The summed E-state index contributed by atoms with van der Waals surface area (Å²) in [6.07, 6.45) is 3.75. The standard InChI is InChI=1S/C24H35N4O4/c1-15(2)20(14-29)27-23(31)19(13-17-9-6-5-7-10-17)26-24(32)21(16(3)4)28-22(30)18-11-8-12-25-18/h5-7,9-10,15-16,18-21,25H,8,11-13H2,1-4H3,(H,26,32)(H,27,31)(H,28,30)/t18-,19-,20+,21-/m0/s1. The highest BCUT2D eigenvalue weighted by Crippen LogP contribution is 2.10. The third kappa shape index (κ3) is 7.44. The largest absolute Gasteiger partial charge is 0.344 e. The van der Waals surface area contributed by atoms with Crippen molar-refractivity contribution in [3.8, 4) is 0 Å². The number of rotatable bonds is 11. The van der Waals surface area contributed by atoms with E-state index in [0.717, 1.165) is 24.9 Å². The predicted molar refractivity (Wildman–Crippen MR) is 122 cm³/mol. The molecule has 0 saturated carbocycles. The Labute approximate surface area is 190 Å². The van der Waals surface area contributed by atoms with Crippen LogP contribution in [0, 0.1) is 11.8 Å². The fraction of sp³-hybridized carbons (Fsp3) is 0.583. The Balaban J connectivity index is 2.15. The molecule has 0 aromatic heterocycles. The molecule has 1 aromatic carbocycles. The van der Waals surface area contributed by atoms with E-state index in [1.807, 2.05) is 64.3 Å². The van der Waals surface area contributed by atoms with E-state index in [1.165, 1.54) is 0 Å².